The number of nitrogens with two attached hydrogens (primary N) is 1. The molecule has 0 amide bonds. The predicted octanol–water partition coefficient (Wildman–Crippen LogP) is 2.94. The van der Waals surface area contributed by atoms with E-state index in [2.05, 4.69) is 20.9 Å². The number of aliphatic hydroxyl groups is 1. The van der Waals surface area contributed by atoms with E-state index in [1.807, 2.05) is 43.3 Å². The molecule has 0 radical (unpaired) electrons. The number of hydrogen-bond donors (Lipinski definition) is 2. The van der Waals surface area contributed by atoms with Gasteiger partial charge in [0.05, 0.1) is 31.0 Å². The third kappa shape index (κ3) is 4.86. The highest BCUT2D eigenvalue weighted by atomic mass is 16.5. The number of benzene rings is 2. The molecule has 0 spiro atoms. The second kappa shape index (κ2) is 9.75. The van der Waals surface area contributed by atoms with Crippen LogP contribution in [0.15, 0.2) is 48.5 Å². The largest absolute Gasteiger partial charge is 0.438 e. The van der Waals surface area contributed by atoms with Crippen LogP contribution >= 0.6 is 0 Å². The molecule has 3 aromatic rings. The molecule has 1 saturated heterocycles. The Balaban J connectivity index is 1.68. The Morgan fingerprint density at radius 1 is 1.16 bits per heavy atom. The molecule has 0 saturated carbocycles. The number of hydrogen-bond acceptors (Lipinski definition) is 8. The molecule has 32 heavy (non-hydrogen) atoms. The molecule has 0 bridgehead atoms. The summed E-state index contributed by atoms with van der Waals surface area (Å²) < 4.78 is 11.6. The van der Waals surface area contributed by atoms with Crippen molar-refractivity contribution in [1.29, 1.82) is 5.26 Å². The number of nitriles is 1. The van der Waals surface area contributed by atoms with Crippen molar-refractivity contribution in [2.24, 2.45) is 5.73 Å². The summed E-state index contributed by atoms with van der Waals surface area (Å²) in [5, 5.41) is 19.3. The Labute approximate surface area is 186 Å². The molecule has 0 aliphatic carbocycles. The summed E-state index contributed by atoms with van der Waals surface area (Å²) in [7, 11) is 0. The zero-order valence-electron chi connectivity index (χ0n) is 17.9. The fraction of sp³-hybridized carbons (Fsp3) is 0.292. The van der Waals surface area contributed by atoms with Crippen molar-refractivity contribution in [1.82, 2.24) is 9.97 Å². The second-order valence-corrected chi connectivity index (χ2v) is 7.51. The molecular formula is C24H25N5O3. The zero-order chi connectivity index (χ0) is 22.5. The fourth-order valence-corrected chi connectivity index (χ4v) is 3.58. The van der Waals surface area contributed by atoms with Gasteiger partial charge in [-0.25, -0.2) is 4.98 Å². The van der Waals surface area contributed by atoms with Crippen molar-refractivity contribution in [2.75, 3.05) is 37.7 Å². The highest BCUT2D eigenvalue weighted by Crippen LogP contribution is 2.35. The molecule has 1 aliphatic heterocycles. The lowest BCUT2D eigenvalue weighted by Crippen LogP contribution is -2.36. The molecular weight excluding hydrogens is 406 g/mol. The first-order chi connectivity index (χ1) is 15.6. The van der Waals surface area contributed by atoms with Crippen molar-refractivity contribution >= 4 is 5.82 Å². The fourth-order valence-electron chi connectivity index (χ4n) is 3.58. The number of aryl methyl sites for hydroxylation is 1. The van der Waals surface area contributed by atoms with E-state index < -0.39 is 6.10 Å². The van der Waals surface area contributed by atoms with Crippen molar-refractivity contribution in [2.45, 2.75) is 13.0 Å². The molecule has 8 nitrogen and oxygen atoms in total. The van der Waals surface area contributed by atoms with Crippen molar-refractivity contribution in [3.8, 4) is 28.8 Å². The molecule has 1 aliphatic rings. The third-order valence-corrected chi connectivity index (χ3v) is 5.29. The maximum Gasteiger partial charge on any atom is 0.224 e. The number of ether oxygens (including phenoxy) is 2. The first kappa shape index (κ1) is 21.7. The van der Waals surface area contributed by atoms with Crippen LogP contribution in [0.25, 0.3) is 11.1 Å². The minimum Gasteiger partial charge on any atom is -0.438 e. The number of anilines is 1. The lowest BCUT2D eigenvalue weighted by Gasteiger charge is -2.28. The van der Waals surface area contributed by atoms with Crippen LogP contribution in [-0.4, -0.2) is 47.9 Å². The van der Waals surface area contributed by atoms with E-state index in [0.717, 1.165) is 35.6 Å². The maximum atomic E-state index is 9.96. The zero-order valence-corrected chi connectivity index (χ0v) is 17.9. The molecule has 4 rings (SSSR count). The topological polar surface area (TPSA) is 118 Å². The van der Waals surface area contributed by atoms with E-state index in [9.17, 15) is 10.4 Å². The van der Waals surface area contributed by atoms with Gasteiger partial charge in [0.2, 0.25) is 5.88 Å². The number of nitrogens with zero attached hydrogens (tertiary/aromatic N) is 4. The highest BCUT2D eigenvalue weighted by molar-refractivity contribution is 5.72. The Hall–Kier alpha value is -3.51. The van der Waals surface area contributed by atoms with Gasteiger partial charge in [0.1, 0.15) is 17.4 Å². The van der Waals surface area contributed by atoms with Crippen LogP contribution in [0.4, 0.5) is 5.82 Å². The smallest absolute Gasteiger partial charge is 0.224 e. The van der Waals surface area contributed by atoms with Crippen LogP contribution in [0.1, 0.15) is 23.1 Å². The molecule has 8 heteroatoms. The summed E-state index contributed by atoms with van der Waals surface area (Å²) in [6.07, 6.45) is -0.705. The molecule has 1 fully saturated rings. The number of morpholine rings is 1. The number of aliphatic hydroxyl groups excluding tert-OH is 1. The summed E-state index contributed by atoms with van der Waals surface area (Å²) in [6.45, 7) is 4.80. The van der Waals surface area contributed by atoms with E-state index >= 15 is 0 Å². The van der Waals surface area contributed by atoms with E-state index in [1.54, 1.807) is 12.1 Å². The standard InChI is InChI=1S/C24H25N5O3/c1-16-27-23(29-8-10-31-11-9-29)13-24(28-16)32-22-12-17(14-25)2-7-20(22)18-3-5-19(6-4-18)21(30)15-26/h2-7,12-13,21,30H,8-11,15,26H2,1H3. The second-order valence-electron chi connectivity index (χ2n) is 7.51. The molecule has 1 atom stereocenters. The lowest BCUT2D eigenvalue weighted by molar-refractivity contribution is 0.122. The highest BCUT2D eigenvalue weighted by Gasteiger charge is 2.16. The summed E-state index contributed by atoms with van der Waals surface area (Å²) in [6, 6.07) is 16.7. The van der Waals surface area contributed by atoms with Gasteiger partial charge in [-0.15, -0.1) is 0 Å². The summed E-state index contributed by atoms with van der Waals surface area (Å²) in [4.78, 5) is 11.1. The van der Waals surface area contributed by atoms with Crippen LogP contribution < -0.4 is 15.4 Å². The molecule has 1 aromatic heterocycles. The Morgan fingerprint density at radius 3 is 2.59 bits per heavy atom. The summed E-state index contributed by atoms with van der Waals surface area (Å²) >= 11 is 0. The van der Waals surface area contributed by atoms with Crippen molar-refractivity contribution < 1.29 is 14.6 Å². The van der Waals surface area contributed by atoms with E-state index in [4.69, 9.17) is 15.2 Å². The molecule has 2 aromatic carbocycles. The Bertz CT molecular complexity index is 1120. The van der Waals surface area contributed by atoms with Gasteiger partial charge in [0.25, 0.3) is 0 Å². The van der Waals surface area contributed by atoms with E-state index in [0.29, 0.717) is 36.2 Å². The van der Waals surface area contributed by atoms with E-state index in [1.165, 1.54) is 0 Å². The van der Waals surface area contributed by atoms with Crippen molar-refractivity contribution in [3.05, 3.63) is 65.5 Å². The summed E-state index contributed by atoms with van der Waals surface area (Å²) in [5.41, 5.74) is 8.47. The average Bonchev–Trinajstić information content (AvgIpc) is 2.84. The van der Waals surface area contributed by atoms with Gasteiger partial charge in [0, 0.05) is 31.3 Å². The van der Waals surface area contributed by atoms with Gasteiger partial charge in [-0.2, -0.15) is 10.2 Å². The molecule has 164 valence electrons. The summed E-state index contributed by atoms with van der Waals surface area (Å²) in [5.74, 6) is 2.31. The van der Waals surface area contributed by atoms with Gasteiger partial charge in [-0.3, -0.25) is 0 Å². The average molecular weight is 431 g/mol. The SMILES string of the molecule is Cc1nc(Oc2cc(C#N)ccc2-c2ccc(C(O)CN)cc2)cc(N2CCOCC2)n1. The molecule has 2 heterocycles. The molecule has 3 N–H and O–H groups in total. The lowest BCUT2D eigenvalue weighted by atomic mass is 10.00. The van der Waals surface area contributed by atoms with Crippen LogP contribution in [-0.2, 0) is 4.74 Å². The van der Waals surface area contributed by atoms with Gasteiger partial charge in [-0.1, -0.05) is 24.3 Å². The van der Waals surface area contributed by atoms with Crippen LogP contribution in [0.5, 0.6) is 11.6 Å². The van der Waals surface area contributed by atoms with Crippen molar-refractivity contribution in [3.63, 3.8) is 0 Å². The maximum absolute atomic E-state index is 9.96. The van der Waals surface area contributed by atoms with Gasteiger partial charge in [-0.05, 0) is 36.2 Å². The quantitative estimate of drug-likeness (QED) is 0.612. The number of aromatic nitrogens is 2. The first-order valence-corrected chi connectivity index (χ1v) is 10.5. The van der Waals surface area contributed by atoms with Crippen LogP contribution in [0.3, 0.4) is 0 Å². The minimum atomic E-state index is -0.705. The van der Waals surface area contributed by atoms with Crippen LogP contribution in [0.2, 0.25) is 0 Å². The third-order valence-electron chi connectivity index (χ3n) is 5.29. The Kier molecular flexibility index (Phi) is 6.61. The van der Waals surface area contributed by atoms with Gasteiger partial charge >= 0.3 is 0 Å². The molecule has 1 unspecified atom stereocenters. The minimum absolute atomic E-state index is 0.156. The van der Waals surface area contributed by atoms with Gasteiger partial charge < -0.3 is 25.2 Å². The first-order valence-electron chi connectivity index (χ1n) is 10.5. The normalized spacial score (nSPS) is 14.6. The Morgan fingerprint density at radius 2 is 1.91 bits per heavy atom. The number of rotatable bonds is 6. The predicted molar refractivity (Wildman–Crippen MR) is 120 cm³/mol. The van der Waals surface area contributed by atoms with Crippen LogP contribution in [0, 0.1) is 18.3 Å². The van der Waals surface area contributed by atoms with E-state index in [-0.39, 0.29) is 6.54 Å². The van der Waals surface area contributed by atoms with Gasteiger partial charge in [0.15, 0.2) is 0 Å². The monoisotopic (exact) mass is 431 g/mol.